The summed E-state index contributed by atoms with van der Waals surface area (Å²) >= 11 is 8.04. The number of rotatable bonds is 2. The van der Waals surface area contributed by atoms with E-state index in [1.165, 1.54) is 0 Å². The summed E-state index contributed by atoms with van der Waals surface area (Å²) in [6.45, 7) is 3.96. The highest BCUT2D eigenvalue weighted by molar-refractivity contribution is 14.1. The van der Waals surface area contributed by atoms with Crippen LogP contribution in [-0.4, -0.2) is 5.91 Å². The van der Waals surface area contributed by atoms with Crippen molar-refractivity contribution in [1.29, 1.82) is 0 Å². The molecule has 0 spiro atoms. The number of nitrogens with one attached hydrogen (secondary N) is 1. The lowest BCUT2D eigenvalue weighted by atomic mass is 10.1. The maximum atomic E-state index is 12.3. The summed E-state index contributed by atoms with van der Waals surface area (Å²) in [5.74, 6) is -0.216. The summed E-state index contributed by atoms with van der Waals surface area (Å²) in [7, 11) is 0. The van der Waals surface area contributed by atoms with Gasteiger partial charge in [0.1, 0.15) is 0 Å². The first-order chi connectivity index (χ1) is 9.38. The maximum Gasteiger partial charge on any atom is 0.256 e. The Morgan fingerprint density at radius 2 is 1.85 bits per heavy atom. The van der Waals surface area contributed by atoms with E-state index in [2.05, 4.69) is 27.9 Å². The lowest BCUT2D eigenvalue weighted by Crippen LogP contribution is -2.15. The second-order valence-corrected chi connectivity index (χ2v) is 6.20. The minimum atomic E-state index is -0.216. The minimum Gasteiger partial charge on any atom is -0.397 e. The molecule has 0 heterocycles. The van der Waals surface area contributed by atoms with E-state index >= 15 is 0 Å². The van der Waals surface area contributed by atoms with E-state index in [1.807, 2.05) is 32.0 Å². The van der Waals surface area contributed by atoms with Crippen LogP contribution in [0.2, 0.25) is 5.02 Å². The van der Waals surface area contributed by atoms with Gasteiger partial charge in [0.25, 0.3) is 5.91 Å². The number of nitrogen functional groups attached to an aromatic ring is 1. The van der Waals surface area contributed by atoms with Gasteiger partial charge < -0.3 is 11.1 Å². The van der Waals surface area contributed by atoms with Gasteiger partial charge in [-0.15, -0.1) is 0 Å². The van der Waals surface area contributed by atoms with Crippen molar-refractivity contribution in [1.82, 2.24) is 0 Å². The predicted molar refractivity (Wildman–Crippen MR) is 92.5 cm³/mol. The topological polar surface area (TPSA) is 55.1 Å². The molecule has 0 bridgehead atoms. The van der Waals surface area contributed by atoms with E-state index in [4.69, 9.17) is 17.3 Å². The Hall–Kier alpha value is -1.27. The molecule has 0 aromatic heterocycles. The SMILES string of the molecule is Cc1cc(N)c(NC(=O)c2cc(Cl)ccc2I)cc1C. The third kappa shape index (κ3) is 3.24. The van der Waals surface area contributed by atoms with Gasteiger partial charge in [-0.2, -0.15) is 0 Å². The smallest absolute Gasteiger partial charge is 0.256 e. The van der Waals surface area contributed by atoms with E-state index in [-0.39, 0.29) is 5.91 Å². The minimum absolute atomic E-state index is 0.216. The van der Waals surface area contributed by atoms with Crippen molar-refractivity contribution in [3.8, 4) is 0 Å². The molecule has 1 amide bonds. The van der Waals surface area contributed by atoms with Gasteiger partial charge >= 0.3 is 0 Å². The zero-order chi connectivity index (χ0) is 14.9. The molecule has 20 heavy (non-hydrogen) atoms. The lowest BCUT2D eigenvalue weighted by molar-refractivity contribution is 0.102. The number of hydrogen-bond donors (Lipinski definition) is 2. The third-order valence-electron chi connectivity index (χ3n) is 3.09. The molecule has 0 radical (unpaired) electrons. The van der Waals surface area contributed by atoms with Crippen LogP contribution in [0.15, 0.2) is 30.3 Å². The fourth-order valence-corrected chi connectivity index (χ4v) is 2.56. The highest BCUT2D eigenvalue weighted by Gasteiger charge is 2.13. The van der Waals surface area contributed by atoms with Crippen molar-refractivity contribution in [3.63, 3.8) is 0 Å². The zero-order valence-electron chi connectivity index (χ0n) is 11.1. The van der Waals surface area contributed by atoms with E-state index in [1.54, 1.807) is 12.1 Å². The van der Waals surface area contributed by atoms with Gasteiger partial charge in [0, 0.05) is 8.59 Å². The average Bonchev–Trinajstić information content (AvgIpc) is 2.38. The predicted octanol–water partition coefficient (Wildman–Crippen LogP) is 4.40. The number of carbonyl (C=O) groups is 1. The van der Waals surface area contributed by atoms with Crippen molar-refractivity contribution in [2.75, 3.05) is 11.1 Å². The Balaban J connectivity index is 2.32. The molecular formula is C15H14ClIN2O. The number of carbonyl (C=O) groups excluding carboxylic acids is 1. The number of anilines is 2. The van der Waals surface area contributed by atoms with Crippen LogP contribution in [0, 0.1) is 17.4 Å². The number of hydrogen-bond acceptors (Lipinski definition) is 2. The second kappa shape index (κ2) is 6.01. The number of nitrogens with two attached hydrogens (primary N) is 1. The molecule has 0 atom stereocenters. The Morgan fingerprint density at radius 3 is 2.55 bits per heavy atom. The monoisotopic (exact) mass is 400 g/mol. The molecule has 2 aromatic carbocycles. The van der Waals surface area contributed by atoms with Crippen LogP contribution in [0.5, 0.6) is 0 Å². The third-order valence-corrected chi connectivity index (χ3v) is 4.26. The molecule has 2 aromatic rings. The first kappa shape index (κ1) is 15.1. The standard InChI is InChI=1S/C15H14ClIN2O/c1-8-5-13(18)14(6-9(8)2)19-15(20)11-7-10(16)3-4-12(11)17/h3-7H,18H2,1-2H3,(H,19,20). The molecule has 0 aliphatic heterocycles. The van der Waals surface area contributed by atoms with Gasteiger partial charge in [0.15, 0.2) is 0 Å². The summed E-state index contributed by atoms with van der Waals surface area (Å²) < 4.78 is 0.840. The molecule has 2 rings (SSSR count). The van der Waals surface area contributed by atoms with E-state index in [0.29, 0.717) is 22.0 Å². The van der Waals surface area contributed by atoms with Crippen LogP contribution in [-0.2, 0) is 0 Å². The van der Waals surface area contributed by atoms with Gasteiger partial charge in [-0.05, 0) is 77.9 Å². The largest absolute Gasteiger partial charge is 0.397 e. The van der Waals surface area contributed by atoms with Crippen LogP contribution >= 0.6 is 34.2 Å². The van der Waals surface area contributed by atoms with E-state index in [9.17, 15) is 4.79 Å². The molecule has 5 heteroatoms. The highest BCUT2D eigenvalue weighted by atomic mass is 127. The van der Waals surface area contributed by atoms with Crippen molar-refractivity contribution >= 4 is 51.5 Å². The quantitative estimate of drug-likeness (QED) is 0.580. The summed E-state index contributed by atoms with van der Waals surface area (Å²) in [5, 5.41) is 3.37. The van der Waals surface area contributed by atoms with Crippen molar-refractivity contribution < 1.29 is 4.79 Å². The molecule has 0 saturated heterocycles. The van der Waals surface area contributed by atoms with Crippen molar-refractivity contribution in [2.24, 2.45) is 0 Å². The van der Waals surface area contributed by atoms with Crippen LogP contribution in [0.1, 0.15) is 21.5 Å². The molecule has 0 unspecified atom stereocenters. The summed E-state index contributed by atoms with van der Waals surface area (Å²) in [4.78, 5) is 12.3. The van der Waals surface area contributed by atoms with Crippen LogP contribution < -0.4 is 11.1 Å². The molecule has 3 N–H and O–H groups in total. The first-order valence-electron chi connectivity index (χ1n) is 6.01. The maximum absolute atomic E-state index is 12.3. The van der Waals surface area contributed by atoms with Crippen molar-refractivity contribution in [2.45, 2.75) is 13.8 Å². The Bertz CT molecular complexity index is 686. The van der Waals surface area contributed by atoms with Crippen molar-refractivity contribution in [3.05, 3.63) is 55.6 Å². The molecule has 104 valence electrons. The Labute approximate surface area is 136 Å². The highest BCUT2D eigenvalue weighted by Crippen LogP contribution is 2.25. The summed E-state index contributed by atoms with van der Waals surface area (Å²) in [6, 6.07) is 8.94. The van der Waals surface area contributed by atoms with Gasteiger partial charge in [-0.1, -0.05) is 11.6 Å². The number of benzene rings is 2. The first-order valence-corrected chi connectivity index (χ1v) is 7.47. The normalized spacial score (nSPS) is 10.4. The van der Waals surface area contributed by atoms with Gasteiger partial charge in [-0.3, -0.25) is 4.79 Å². The van der Waals surface area contributed by atoms with Gasteiger partial charge in [0.05, 0.1) is 16.9 Å². The lowest BCUT2D eigenvalue weighted by Gasteiger charge is -2.12. The number of aryl methyl sites for hydroxylation is 2. The average molecular weight is 401 g/mol. The van der Waals surface area contributed by atoms with Gasteiger partial charge in [0.2, 0.25) is 0 Å². The van der Waals surface area contributed by atoms with Crippen LogP contribution in [0.4, 0.5) is 11.4 Å². The van der Waals surface area contributed by atoms with Crippen LogP contribution in [0.25, 0.3) is 0 Å². The molecule has 3 nitrogen and oxygen atoms in total. The summed E-state index contributed by atoms with van der Waals surface area (Å²) in [6.07, 6.45) is 0. The van der Waals surface area contributed by atoms with Crippen LogP contribution in [0.3, 0.4) is 0 Å². The zero-order valence-corrected chi connectivity index (χ0v) is 14.0. The van der Waals surface area contributed by atoms with E-state index in [0.717, 1.165) is 14.7 Å². The fourth-order valence-electron chi connectivity index (χ4n) is 1.81. The molecular weight excluding hydrogens is 387 g/mol. The number of halogens is 2. The molecule has 0 saturated carbocycles. The fraction of sp³-hybridized carbons (Fsp3) is 0.133. The molecule has 0 aliphatic rings. The Kier molecular flexibility index (Phi) is 4.55. The van der Waals surface area contributed by atoms with E-state index < -0.39 is 0 Å². The summed E-state index contributed by atoms with van der Waals surface area (Å²) in [5.41, 5.74) is 9.83. The number of amides is 1. The molecule has 0 fully saturated rings. The van der Waals surface area contributed by atoms with Gasteiger partial charge in [-0.25, -0.2) is 0 Å². The molecule has 0 aliphatic carbocycles. The second-order valence-electron chi connectivity index (χ2n) is 4.60. The Morgan fingerprint density at radius 1 is 1.20 bits per heavy atom.